The van der Waals surface area contributed by atoms with Gasteiger partial charge in [0, 0.05) is 66.9 Å². The Hall–Kier alpha value is -5.56. The molecule has 13 heteroatoms. The molecule has 1 aliphatic carbocycles. The number of halogens is 2. The fourth-order valence-electron chi connectivity index (χ4n) is 8.15. The summed E-state index contributed by atoms with van der Waals surface area (Å²) in [5.41, 5.74) is 9.77. The SMILES string of the molecule is Fc1ccc2c(c1CCc1ncc(C3=CCCCC3)c3nncn13)CCO2.Fc1ccc2c(c1CCc1ncc(C3=CCNCC3)c3nncn13)CCO2. The number of aromatic nitrogens is 8. The van der Waals surface area contributed by atoms with Crippen LogP contribution in [0.15, 0.2) is 61.5 Å². The predicted octanol–water partition coefficient (Wildman–Crippen LogP) is 6.30. The van der Waals surface area contributed by atoms with Gasteiger partial charge in [-0.15, -0.1) is 20.4 Å². The molecule has 0 spiro atoms. The van der Waals surface area contributed by atoms with Crippen molar-refractivity contribution < 1.29 is 18.3 Å². The Morgan fingerprint density at radius 2 is 1.22 bits per heavy atom. The number of rotatable bonds is 8. The number of aryl methyl sites for hydroxylation is 2. The van der Waals surface area contributed by atoms with Gasteiger partial charge in [-0.3, -0.25) is 8.80 Å². The van der Waals surface area contributed by atoms with Gasteiger partial charge in [-0.05, 0) is 98.0 Å². The van der Waals surface area contributed by atoms with Crippen molar-refractivity contribution in [3.63, 3.8) is 0 Å². The minimum absolute atomic E-state index is 0.164. The molecule has 10 rings (SSSR count). The summed E-state index contributed by atoms with van der Waals surface area (Å²) in [5, 5.41) is 20.1. The first-order valence-corrected chi connectivity index (χ1v) is 18.9. The second-order valence-corrected chi connectivity index (χ2v) is 14.1. The fraction of sp³-hybridized carbons (Fsp3) is 0.366. The van der Waals surface area contributed by atoms with Gasteiger partial charge < -0.3 is 14.8 Å². The molecule has 2 aromatic carbocycles. The predicted molar refractivity (Wildman–Crippen MR) is 199 cm³/mol. The van der Waals surface area contributed by atoms with Crippen LogP contribution < -0.4 is 14.8 Å². The summed E-state index contributed by atoms with van der Waals surface area (Å²) >= 11 is 0. The van der Waals surface area contributed by atoms with Gasteiger partial charge in [0.15, 0.2) is 11.3 Å². The third kappa shape index (κ3) is 6.61. The third-order valence-electron chi connectivity index (χ3n) is 10.9. The van der Waals surface area contributed by atoms with E-state index in [0.29, 0.717) is 38.9 Å². The zero-order valence-corrected chi connectivity index (χ0v) is 30.0. The summed E-state index contributed by atoms with van der Waals surface area (Å²) in [6.45, 7) is 3.06. The molecule has 276 valence electrons. The Labute approximate surface area is 311 Å². The number of nitrogens with zero attached hydrogens (tertiary/aromatic N) is 8. The minimum Gasteiger partial charge on any atom is -0.493 e. The summed E-state index contributed by atoms with van der Waals surface area (Å²) in [6.07, 6.45) is 21.2. The van der Waals surface area contributed by atoms with Crippen LogP contribution in [0.25, 0.3) is 22.4 Å². The van der Waals surface area contributed by atoms with E-state index in [1.54, 1.807) is 24.8 Å². The highest BCUT2D eigenvalue weighted by atomic mass is 19.1. The number of hydrogen-bond acceptors (Lipinski definition) is 9. The van der Waals surface area contributed by atoms with Gasteiger partial charge in [-0.1, -0.05) is 12.2 Å². The highest BCUT2D eigenvalue weighted by Gasteiger charge is 2.22. The van der Waals surface area contributed by atoms with Crippen LogP contribution in [0.2, 0.25) is 0 Å². The monoisotopic (exact) mass is 729 g/mol. The van der Waals surface area contributed by atoms with Crippen molar-refractivity contribution in [1.82, 2.24) is 44.5 Å². The molecule has 7 heterocycles. The number of allylic oxidation sites excluding steroid dienone is 2. The molecule has 6 aromatic rings. The lowest BCUT2D eigenvalue weighted by Crippen LogP contribution is -2.20. The van der Waals surface area contributed by atoms with Gasteiger partial charge >= 0.3 is 0 Å². The van der Waals surface area contributed by atoms with Crippen molar-refractivity contribution in [2.24, 2.45) is 0 Å². The quantitative estimate of drug-likeness (QED) is 0.193. The first kappa shape index (κ1) is 34.2. The van der Waals surface area contributed by atoms with Crippen molar-refractivity contribution in [2.75, 3.05) is 26.3 Å². The Morgan fingerprint density at radius 1 is 0.648 bits per heavy atom. The molecule has 4 aromatic heterocycles. The summed E-state index contributed by atoms with van der Waals surface area (Å²) in [6, 6.07) is 6.44. The van der Waals surface area contributed by atoms with Crippen molar-refractivity contribution in [1.29, 1.82) is 0 Å². The molecule has 0 fully saturated rings. The highest BCUT2D eigenvalue weighted by Crippen LogP contribution is 2.33. The third-order valence-corrected chi connectivity index (χ3v) is 10.9. The average Bonchev–Trinajstić information content (AvgIpc) is 4.06. The zero-order valence-electron chi connectivity index (χ0n) is 30.0. The first-order chi connectivity index (χ1) is 26.6. The number of benzene rings is 2. The number of ether oxygens (including phenoxy) is 2. The lowest BCUT2D eigenvalue weighted by Gasteiger charge is -2.15. The maximum Gasteiger partial charge on any atom is 0.171 e. The standard InChI is InChI=1S/C21H21FN4O.C20H20FN5O/c22-18-7-8-19-16(10-11-27-19)15(18)6-9-20-23-12-17(14-4-2-1-3-5-14)21-25-24-13-26(20)21;21-17-2-3-18-15(7-10-27-18)14(17)1-4-19-23-11-16(13-5-8-22-9-6-13)20-25-24-12-26(19)20/h4,7-8,12-13H,1-3,5-6,9-11H2;2-3,5,11-12,22H,1,4,6-10H2. The van der Waals surface area contributed by atoms with E-state index in [0.717, 1.165) is 113 Å². The number of fused-ring (bicyclic) bond motifs is 4. The Kier molecular flexibility index (Phi) is 9.54. The maximum atomic E-state index is 14.4. The van der Waals surface area contributed by atoms with Crippen LogP contribution in [-0.4, -0.2) is 65.5 Å². The number of hydrogen-bond donors (Lipinski definition) is 1. The van der Waals surface area contributed by atoms with Crippen molar-refractivity contribution >= 4 is 22.4 Å². The second-order valence-electron chi connectivity index (χ2n) is 14.1. The summed E-state index contributed by atoms with van der Waals surface area (Å²) in [5.74, 6) is 2.98. The smallest absolute Gasteiger partial charge is 0.171 e. The molecule has 0 radical (unpaired) electrons. The van der Waals surface area contributed by atoms with Crippen LogP contribution in [0.5, 0.6) is 11.5 Å². The molecule has 11 nitrogen and oxygen atoms in total. The van der Waals surface area contributed by atoms with E-state index in [4.69, 9.17) is 9.47 Å². The molecule has 0 amide bonds. The Bertz CT molecular complexity index is 2250. The van der Waals surface area contributed by atoms with Crippen molar-refractivity contribution in [3.05, 3.63) is 118 Å². The Balaban J connectivity index is 0.000000142. The zero-order chi connectivity index (χ0) is 36.4. The van der Waals surface area contributed by atoms with E-state index < -0.39 is 0 Å². The Morgan fingerprint density at radius 3 is 1.74 bits per heavy atom. The molecular weight excluding hydrogens is 689 g/mol. The van der Waals surface area contributed by atoms with Crippen LogP contribution in [-0.2, 0) is 38.5 Å². The van der Waals surface area contributed by atoms with E-state index in [2.05, 4.69) is 47.8 Å². The van der Waals surface area contributed by atoms with Crippen LogP contribution >= 0.6 is 0 Å². The molecule has 0 saturated heterocycles. The molecule has 54 heavy (non-hydrogen) atoms. The second kappa shape index (κ2) is 15.1. The van der Waals surface area contributed by atoms with Gasteiger partial charge in [0.25, 0.3) is 0 Å². The molecule has 1 N–H and O–H groups in total. The van der Waals surface area contributed by atoms with Crippen LogP contribution in [0, 0.1) is 11.6 Å². The molecule has 0 bridgehead atoms. The van der Waals surface area contributed by atoms with Gasteiger partial charge in [0.1, 0.15) is 47.4 Å². The average molecular weight is 730 g/mol. The molecule has 4 aliphatic rings. The van der Waals surface area contributed by atoms with Gasteiger partial charge in [-0.25, -0.2) is 18.7 Å². The number of nitrogens with one attached hydrogen (secondary N) is 1. The molecular formula is C41H41F2N9O2. The molecule has 0 saturated carbocycles. The van der Waals surface area contributed by atoms with E-state index in [-0.39, 0.29) is 11.6 Å². The van der Waals surface area contributed by atoms with Crippen LogP contribution in [0.3, 0.4) is 0 Å². The maximum absolute atomic E-state index is 14.4. The van der Waals surface area contributed by atoms with E-state index in [1.807, 2.05) is 21.2 Å². The summed E-state index contributed by atoms with van der Waals surface area (Å²) in [7, 11) is 0. The highest BCUT2D eigenvalue weighted by molar-refractivity contribution is 5.76. The van der Waals surface area contributed by atoms with Crippen molar-refractivity contribution in [2.45, 2.75) is 70.6 Å². The molecule has 0 atom stereocenters. The van der Waals surface area contributed by atoms with Crippen LogP contribution in [0.1, 0.15) is 77.1 Å². The first-order valence-electron chi connectivity index (χ1n) is 18.9. The van der Waals surface area contributed by atoms with Gasteiger partial charge in [0.2, 0.25) is 0 Å². The molecule has 3 aliphatic heterocycles. The fourth-order valence-corrected chi connectivity index (χ4v) is 8.15. The lowest BCUT2D eigenvalue weighted by atomic mass is 9.95. The van der Waals surface area contributed by atoms with E-state index in [9.17, 15) is 8.78 Å². The molecule has 0 unspecified atom stereocenters. The van der Waals surface area contributed by atoms with E-state index in [1.165, 1.54) is 36.1 Å². The largest absolute Gasteiger partial charge is 0.493 e. The van der Waals surface area contributed by atoms with E-state index >= 15 is 0 Å². The normalized spacial score (nSPS) is 16.3. The minimum atomic E-state index is -0.171. The topological polar surface area (TPSA) is 117 Å². The van der Waals surface area contributed by atoms with Crippen molar-refractivity contribution in [3.8, 4) is 11.5 Å². The lowest BCUT2D eigenvalue weighted by molar-refractivity contribution is 0.356. The van der Waals surface area contributed by atoms with Crippen LogP contribution in [0.4, 0.5) is 8.78 Å². The van der Waals surface area contributed by atoms with Gasteiger partial charge in [-0.2, -0.15) is 0 Å². The summed E-state index contributed by atoms with van der Waals surface area (Å²) in [4.78, 5) is 9.34. The van der Waals surface area contributed by atoms with Gasteiger partial charge in [0.05, 0.1) is 13.2 Å². The summed E-state index contributed by atoms with van der Waals surface area (Å²) < 4.78 is 43.8.